The molecule has 0 fully saturated rings. The summed E-state index contributed by atoms with van der Waals surface area (Å²) in [6.45, 7) is 2.37. The van der Waals surface area contributed by atoms with Crippen molar-refractivity contribution in [3.05, 3.63) is 65.2 Å². The van der Waals surface area contributed by atoms with E-state index in [0.29, 0.717) is 24.3 Å². The molecule has 0 aromatic heterocycles. The molecular formula is C20H23NO4. The number of benzene rings is 2. The second kappa shape index (κ2) is 8.87. The van der Waals surface area contributed by atoms with Crippen LogP contribution in [0.3, 0.4) is 0 Å². The minimum atomic E-state index is -0.470. The van der Waals surface area contributed by atoms with Gasteiger partial charge in [-0.05, 0) is 29.2 Å². The van der Waals surface area contributed by atoms with Crippen LogP contribution in [0.4, 0.5) is 0 Å². The normalized spacial score (nSPS) is 11.5. The lowest BCUT2D eigenvalue weighted by Gasteiger charge is -2.13. The molecule has 0 bridgehead atoms. The molecule has 0 saturated heterocycles. The molecule has 0 aliphatic carbocycles. The Labute approximate surface area is 148 Å². The van der Waals surface area contributed by atoms with Crippen LogP contribution < -0.4 is 10.1 Å². The molecule has 0 radical (unpaired) electrons. The van der Waals surface area contributed by atoms with Crippen LogP contribution in [0.15, 0.2) is 48.5 Å². The van der Waals surface area contributed by atoms with Crippen molar-refractivity contribution in [3.63, 3.8) is 0 Å². The number of amides is 1. The summed E-state index contributed by atoms with van der Waals surface area (Å²) in [5.74, 6) is 0.0804. The van der Waals surface area contributed by atoms with E-state index < -0.39 is 5.97 Å². The van der Waals surface area contributed by atoms with Crippen molar-refractivity contribution in [1.82, 2.24) is 5.32 Å². The van der Waals surface area contributed by atoms with E-state index in [9.17, 15) is 9.59 Å². The standard InChI is InChI=1S/C20H23NO4/c1-14(16-7-5-4-6-8-16)11-19(22)21-13-15-9-10-18(24-2)17(12-15)20(23)25-3/h4-10,12,14H,11,13H2,1-3H3,(H,21,22)/t14-/m0/s1. The molecule has 1 N–H and O–H groups in total. The van der Waals surface area contributed by atoms with Crippen LogP contribution in [-0.2, 0) is 16.1 Å². The summed E-state index contributed by atoms with van der Waals surface area (Å²) >= 11 is 0. The Morgan fingerprint density at radius 2 is 1.80 bits per heavy atom. The quantitative estimate of drug-likeness (QED) is 0.785. The van der Waals surface area contributed by atoms with Crippen molar-refractivity contribution in [3.8, 4) is 5.75 Å². The highest BCUT2D eigenvalue weighted by Gasteiger charge is 2.14. The number of carbonyl (C=O) groups is 2. The average Bonchev–Trinajstić information content (AvgIpc) is 2.66. The zero-order valence-electron chi connectivity index (χ0n) is 14.7. The van der Waals surface area contributed by atoms with E-state index in [1.807, 2.05) is 43.3 Å². The molecule has 25 heavy (non-hydrogen) atoms. The number of nitrogens with one attached hydrogen (secondary N) is 1. The van der Waals surface area contributed by atoms with Crippen LogP contribution in [0, 0.1) is 0 Å². The lowest BCUT2D eigenvalue weighted by molar-refractivity contribution is -0.121. The molecule has 2 aromatic carbocycles. The number of carbonyl (C=O) groups excluding carboxylic acids is 2. The molecule has 5 nitrogen and oxygen atoms in total. The fourth-order valence-electron chi connectivity index (χ4n) is 2.58. The van der Waals surface area contributed by atoms with E-state index in [-0.39, 0.29) is 11.8 Å². The lowest BCUT2D eigenvalue weighted by Crippen LogP contribution is -2.24. The molecule has 0 aliphatic rings. The largest absolute Gasteiger partial charge is 0.496 e. The first-order valence-electron chi connectivity index (χ1n) is 8.12. The Morgan fingerprint density at radius 3 is 2.44 bits per heavy atom. The minimum Gasteiger partial charge on any atom is -0.496 e. The van der Waals surface area contributed by atoms with E-state index in [2.05, 4.69) is 5.32 Å². The van der Waals surface area contributed by atoms with E-state index in [1.54, 1.807) is 12.1 Å². The molecule has 132 valence electrons. The van der Waals surface area contributed by atoms with Gasteiger partial charge in [0.05, 0.1) is 14.2 Å². The summed E-state index contributed by atoms with van der Waals surface area (Å²) in [6, 6.07) is 15.1. The second-order valence-corrected chi connectivity index (χ2v) is 5.82. The van der Waals surface area contributed by atoms with Gasteiger partial charge in [0.25, 0.3) is 0 Å². The van der Waals surface area contributed by atoms with Gasteiger partial charge >= 0.3 is 5.97 Å². The first-order chi connectivity index (χ1) is 12.0. The lowest BCUT2D eigenvalue weighted by atomic mass is 9.97. The van der Waals surface area contributed by atoms with Crippen molar-refractivity contribution >= 4 is 11.9 Å². The maximum Gasteiger partial charge on any atom is 0.341 e. The Balaban J connectivity index is 1.96. The van der Waals surface area contributed by atoms with E-state index in [4.69, 9.17) is 9.47 Å². The highest BCUT2D eigenvalue weighted by atomic mass is 16.5. The van der Waals surface area contributed by atoms with Gasteiger partial charge in [0.2, 0.25) is 5.91 Å². The van der Waals surface area contributed by atoms with Crippen molar-refractivity contribution in [2.24, 2.45) is 0 Å². The first kappa shape index (κ1) is 18.5. The summed E-state index contributed by atoms with van der Waals surface area (Å²) in [5.41, 5.74) is 2.28. The van der Waals surface area contributed by atoms with Crippen LogP contribution >= 0.6 is 0 Å². The van der Waals surface area contributed by atoms with Crippen molar-refractivity contribution < 1.29 is 19.1 Å². The maximum atomic E-state index is 12.2. The van der Waals surface area contributed by atoms with Gasteiger partial charge in [-0.3, -0.25) is 4.79 Å². The zero-order chi connectivity index (χ0) is 18.2. The molecule has 0 heterocycles. The Bertz CT molecular complexity index is 728. The van der Waals surface area contributed by atoms with Gasteiger partial charge < -0.3 is 14.8 Å². The third-order valence-electron chi connectivity index (χ3n) is 4.02. The summed E-state index contributed by atoms with van der Waals surface area (Å²) in [5, 5.41) is 2.89. The van der Waals surface area contributed by atoms with Crippen molar-refractivity contribution in [1.29, 1.82) is 0 Å². The highest BCUT2D eigenvalue weighted by Crippen LogP contribution is 2.21. The topological polar surface area (TPSA) is 64.6 Å². The van der Waals surface area contributed by atoms with Crippen LogP contribution in [0.25, 0.3) is 0 Å². The minimum absolute atomic E-state index is 0.0354. The molecule has 0 unspecified atom stereocenters. The highest BCUT2D eigenvalue weighted by molar-refractivity contribution is 5.92. The van der Waals surface area contributed by atoms with E-state index >= 15 is 0 Å². The van der Waals surface area contributed by atoms with Gasteiger partial charge in [-0.15, -0.1) is 0 Å². The summed E-state index contributed by atoms with van der Waals surface area (Å²) < 4.78 is 9.92. The molecule has 2 aromatic rings. The summed E-state index contributed by atoms with van der Waals surface area (Å²) in [4.78, 5) is 24.0. The summed E-state index contributed by atoms with van der Waals surface area (Å²) in [7, 11) is 2.81. The number of esters is 1. The predicted octanol–water partition coefficient (Wildman–Crippen LogP) is 3.29. The van der Waals surface area contributed by atoms with Crippen LogP contribution in [0.1, 0.15) is 40.7 Å². The van der Waals surface area contributed by atoms with Gasteiger partial charge in [-0.25, -0.2) is 4.79 Å². The van der Waals surface area contributed by atoms with E-state index in [0.717, 1.165) is 11.1 Å². The number of hydrogen-bond acceptors (Lipinski definition) is 4. The van der Waals surface area contributed by atoms with Gasteiger partial charge in [-0.2, -0.15) is 0 Å². The Kier molecular flexibility index (Phi) is 6.57. The SMILES string of the molecule is COC(=O)c1cc(CNC(=O)C[C@H](C)c2ccccc2)ccc1OC. The molecule has 0 aliphatic heterocycles. The molecule has 1 amide bonds. The molecular weight excluding hydrogens is 318 g/mol. The van der Waals surface area contributed by atoms with Crippen LogP contribution in [0.2, 0.25) is 0 Å². The third kappa shape index (κ3) is 5.08. The number of hydrogen-bond donors (Lipinski definition) is 1. The molecule has 1 atom stereocenters. The fourth-order valence-corrected chi connectivity index (χ4v) is 2.58. The molecule has 0 saturated carbocycles. The molecule has 0 spiro atoms. The number of ether oxygens (including phenoxy) is 2. The average molecular weight is 341 g/mol. The number of methoxy groups -OCH3 is 2. The monoisotopic (exact) mass is 341 g/mol. The Hall–Kier alpha value is -2.82. The molecule has 2 rings (SSSR count). The summed E-state index contributed by atoms with van der Waals surface area (Å²) in [6.07, 6.45) is 0.407. The zero-order valence-corrected chi connectivity index (χ0v) is 14.7. The van der Waals surface area contributed by atoms with Gasteiger partial charge in [0, 0.05) is 13.0 Å². The van der Waals surface area contributed by atoms with Crippen LogP contribution in [-0.4, -0.2) is 26.1 Å². The maximum absolute atomic E-state index is 12.2. The van der Waals surface area contributed by atoms with Gasteiger partial charge in [0.1, 0.15) is 11.3 Å². The third-order valence-corrected chi connectivity index (χ3v) is 4.02. The molecule has 5 heteroatoms. The fraction of sp³-hybridized carbons (Fsp3) is 0.300. The Morgan fingerprint density at radius 1 is 1.08 bits per heavy atom. The van der Waals surface area contributed by atoms with E-state index in [1.165, 1.54) is 14.2 Å². The predicted molar refractivity (Wildman–Crippen MR) is 95.7 cm³/mol. The van der Waals surface area contributed by atoms with Gasteiger partial charge in [-0.1, -0.05) is 43.3 Å². The second-order valence-electron chi connectivity index (χ2n) is 5.82. The van der Waals surface area contributed by atoms with Crippen LogP contribution in [0.5, 0.6) is 5.75 Å². The van der Waals surface area contributed by atoms with Crippen molar-refractivity contribution in [2.75, 3.05) is 14.2 Å². The van der Waals surface area contributed by atoms with Crippen molar-refractivity contribution in [2.45, 2.75) is 25.8 Å². The van der Waals surface area contributed by atoms with Gasteiger partial charge in [0.15, 0.2) is 0 Å². The smallest absolute Gasteiger partial charge is 0.341 e. The number of rotatable bonds is 7. The first-order valence-corrected chi connectivity index (χ1v) is 8.12.